The van der Waals surface area contributed by atoms with E-state index in [0.717, 1.165) is 0 Å². The Bertz CT molecular complexity index is 738. The van der Waals surface area contributed by atoms with Gasteiger partial charge in [-0.1, -0.05) is 6.07 Å². The van der Waals surface area contributed by atoms with Crippen LogP contribution < -0.4 is 0 Å². The van der Waals surface area contributed by atoms with Crippen molar-refractivity contribution in [3.63, 3.8) is 0 Å². The van der Waals surface area contributed by atoms with Crippen LogP contribution in [-0.4, -0.2) is 41.2 Å². The molecule has 2 aromatic rings. The van der Waals surface area contributed by atoms with Gasteiger partial charge in [-0.3, -0.25) is 9.59 Å². The van der Waals surface area contributed by atoms with Crippen molar-refractivity contribution in [2.45, 2.75) is 26.3 Å². The van der Waals surface area contributed by atoms with Crippen molar-refractivity contribution in [3.05, 3.63) is 58.0 Å². The average Bonchev–Trinajstić information content (AvgIpc) is 3.19. The van der Waals surface area contributed by atoms with Gasteiger partial charge in [0.1, 0.15) is 5.82 Å². The molecule has 1 saturated heterocycles. The van der Waals surface area contributed by atoms with Gasteiger partial charge in [-0.2, -0.15) is 0 Å². The van der Waals surface area contributed by atoms with Gasteiger partial charge in [0.05, 0.1) is 6.54 Å². The predicted octanol–water partition coefficient (Wildman–Crippen LogP) is 3.79. The van der Waals surface area contributed by atoms with Crippen molar-refractivity contribution in [1.82, 2.24) is 9.80 Å². The molecular formula is C20H23FN2O2S. The highest BCUT2D eigenvalue weighted by Gasteiger charge is 2.30. The minimum absolute atomic E-state index is 0.0350. The zero-order chi connectivity index (χ0) is 18.5. The molecule has 6 heteroatoms. The Kier molecular flexibility index (Phi) is 6.04. The molecule has 1 aliphatic heterocycles. The fraction of sp³-hybridized carbons (Fsp3) is 0.400. The highest BCUT2D eigenvalue weighted by molar-refractivity contribution is 7.09. The van der Waals surface area contributed by atoms with E-state index in [4.69, 9.17) is 0 Å². The molecule has 1 aliphatic rings. The van der Waals surface area contributed by atoms with E-state index >= 15 is 0 Å². The van der Waals surface area contributed by atoms with Crippen LogP contribution in [-0.2, 0) is 11.3 Å². The zero-order valence-electron chi connectivity index (χ0n) is 14.9. The highest BCUT2D eigenvalue weighted by atomic mass is 32.1. The molecular weight excluding hydrogens is 351 g/mol. The quantitative estimate of drug-likeness (QED) is 0.799. The summed E-state index contributed by atoms with van der Waals surface area (Å²) in [6, 6.07) is 9.66. The van der Waals surface area contributed by atoms with E-state index in [1.54, 1.807) is 16.2 Å². The lowest BCUT2D eigenvalue weighted by molar-refractivity contribution is -0.137. The average molecular weight is 374 g/mol. The van der Waals surface area contributed by atoms with E-state index < -0.39 is 0 Å². The molecule has 0 atom stereocenters. The van der Waals surface area contributed by atoms with Crippen LogP contribution in [0.3, 0.4) is 0 Å². The first-order valence-corrected chi connectivity index (χ1v) is 9.82. The number of likely N-dealkylation sites (tertiary alicyclic amines) is 1. The van der Waals surface area contributed by atoms with E-state index in [2.05, 4.69) is 0 Å². The van der Waals surface area contributed by atoms with Gasteiger partial charge in [-0.05, 0) is 55.5 Å². The van der Waals surface area contributed by atoms with E-state index in [9.17, 15) is 14.0 Å². The Morgan fingerprint density at radius 3 is 2.46 bits per heavy atom. The molecule has 0 spiro atoms. The fourth-order valence-corrected chi connectivity index (χ4v) is 4.02. The third kappa shape index (κ3) is 4.30. The maximum absolute atomic E-state index is 13.0. The largest absolute Gasteiger partial charge is 0.339 e. The zero-order valence-corrected chi connectivity index (χ0v) is 15.7. The maximum atomic E-state index is 13.0. The van der Waals surface area contributed by atoms with Gasteiger partial charge >= 0.3 is 0 Å². The maximum Gasteiger partial charge on any atom is 0.253 e. The van der Waals surface area contributed by atoms with Crippen LogP contribution in [0, 0.1) is 11.7 Å². The number of carbonyl (C=O) groups is 2. The number of rotatable bonds is 5. The SMILES string of the molecule is CCN(Cc1cccs1)C(=O)C1CCN(C(=O)c2ccc(F)cc2)CC1. The predicted molar refractivity (Wildman–Crippen MR) is 100 cm³/mol. The topological polar surface area (TPSA) is 40.6 Å². The Labute approximate surface area is 157 Å². The van der Waals surface area contributed by atoms with Crippen LogP contribution >= 0.6 is 11.3 Å². The number of amides is 2. The minimum Gasteiger partial charge on any atom is -0.339 e. The van der Waals surface area contributed by atoms with Crippen molar-refractivity contribution in [2.24, 2.45) is 5.92 Å². The standard InChI is InChI=1S/C20H23FN2O2S/c1-2-22(14-18-4-3-13-26-18)19(24)16-9-11-23(12-10-16)20(25)15-5-7-17(21)8-6-15/h3-8,13,16H,2,9-12,14H2,1H3. The molecule has 1 aromatic heterocycles. The van der Waals surface area contributed by atoms with E-state index in [1.807, 2.05) is 29.3 Å². The molecule has 2 heterocycles. The Balaban J connectivity index is 1.56. The molecule has 0 bridgehead atoms. The van der Waals surface area contributed by atoms with Crippen LogP contribution in [0.25, 0.3) is 0 Å². The summed E-state index contributed by atoms with van der Waals surface area (Å²) in [7, 11) is 0. The van der Waals surface area contributed by atoms with E-state index in [-0.39, 0.29) is 23.5 Å². The summed E-state index contributed by atoms with van der Waals surface area (Å²) in [5, 5.41) is 2.02. The number of halogens is 1. The number of carbonyl (C=O) groups excluding carboxylic acids is 2. The first-order chi connectivity index (χ1) is 12.6. The summed E-state index contributed by atoms with van der Waals surface area (Å²) in [4.78, 5) is 30.2. The summed E-state index contributed by atoms with van der Waals surface area (Å²) >= 11 is 1.66. The summed E-state index contributed by atoms with van der Waals surface area (Å²) in [5.74, 6) is -0.306. The monoisotopic (exact) mass is 374 g/mol. The molecule has 138 valence electrons. The first-order valence-electron chi connectivity index (χ1n) is 8.94. The van der Waals surface area contributed by atoms with E-state index in [1.165, 1.54) is 29.1 Å². The van der Waals surface area contributed by atoms with Gasteiger partial charge in [-0.25, -0.2) is 4.39 Å². The van der Waals surface area contributed by atoms with Crippen molar-refractivity contribution in [3.8, 4) is 0 Å². The smallest absolute Gasteiger partial charge is 0.253 e. The van der Waals surface area contributed by atoms with Crippen molar-refractivity contribution < 1.29 is 14.0 Å². The van der Waals surface area contributed by atoms with Gasteiger partial charge in [0.2, 0.25) is 5.91 Å². The summed E-state index contributed by atoms with van der Waals surface area (Å²) in [5.41, 5.74) is 0.490. The number of hydrogen-bond acceptors (Lipinski definition) is 3. The number of thiophene rings is 1. The van der Waals surface area contributed by atoms with Gasteiger partial charge in [0.25, 0.3) is 5.91 Å². The van der Waals surface area contributed by atoms with Gasteiger partial charge in [0.15, 0.2) is 0 Å². The Morgan fingerprint density at radius 1 is 1.19 bits per heavy atom. The lowest BCUT2D eigenvalue weighted by Crippen LogP contribution is -2.44. The van der Waals surface area contributed by atoms with Gasteiger partial charge in [0, 0.05) is 36.0 Å². The van der Waals surface area contributed by atoms with Crippen LogP contribution in [0.15, 0.2) is 41.8 Å². The van der Waals surface area contributed by atoms with Crippen LogP contribution in [0.1, 0.15) is 35.0 Å². The summed E-state index contributed by atoms with van der Waals surface area (Å²) in [6.45, 7) is 4.46. The molecule has 4 nitrogen and oxygen atoms in total. The number of nitrogens with zero attached hydrogens (tertiary/aromatic N) is 2. The van der Waals surface area contributed by atoms with E-state index in [0.29, 0.717) is 44.6 Å². The molecule has 2 amide bonds. The number of benzene rings is 1. The van der Waals surface area contributed by atoms with Crippen molar-refractivity contribution in [1.29, 1.82) is 0 Å². The second-order valence-corrected chi connectivity index (χ2v) is 7.54. The van der Waals surface area contributed by atoms with Gasteiger partial charge < -0.3 is 9.80 Å². The van der Waals surface area contributed by atoms with Crippen molar-refractivity contribution in [2.75, 3.05) is 19.6 Å². The molecule has 1 fully saturated rings. The molecule has 0 aliphatic carbocycles. The molecule has 0 radical (unpaired) electrons. The number of piperidine rings is 1. The Morgan fingerprint density at radius 2 is 1.88 bits per heavy atom. The lowest BCUT2D eigenvalue weighted by atomic mass is 9.94. The van der Waals surface area contributed by atoms with Crippen LogP contribution in [0.2, 0.25) is 0 Å². The molecule has 0 unspecified atom stereocenters. The second kappa shape index (κ2) is 8.45. The minimum atomic E-state index is -0.351. The molecule has 0 saturated carbocycles. The summed E-state index contributed by atoms with van der Waals surface area (Å²) < 4.78 is 13.0. The highest BCUT2D eigenvalue weighted by Crippen LogP contribution is 2.23. The fourth-order valence-electron chi connectivity index (χ4n) is 3.30. The molecule has 3 rings (SSSR count). The number of hydrogen-bond donors (Lipinski definition) is 0. The molecule has 26 heavy (non-hydrogen) atoms. The molecule has 0 N–H and O–H groups in total. The summed E-state index contributed by atoms with van der Waals surface area (Å²) in [6.07, 6.45) is 1.35. The van der Waals surface area contributed by atoms with Crippen LogP contribution in [0.5, 0.6) is 0 Å². The van der Waals surface area contributed by atoms with Crippen molar-refractivity contribution >= 4 is 23.2 Å². The normalized spacial score (nSPS) is 15.1. The third-order valence-electron chi connectivity index (χ3n) is 4.84. The molecule has 1 aromatic carbocycles. The second-order valence-electron chi connectivity index (χ2n) is 6.51. The Hall–Kier alpha value is -2.21. The third-order valence-corrected chi connectivity index (χ3v) is 5.70. The lowest BCUT2D eigenvalue weighted by Gasteiger charge is -2.34. The van der Waals surface area contributed by atoms with Crippen LogP contribution in [0.4, 0.5) is 4.39 Å². The first kappa shape index (κ1) is 18.6. The van der Waals surface area contributed by atoms with Gasteiger partial charge in [-0.15, -0.1) is 11.3 Å².